The van der Waals surface area contributed by atoms with Crippen LogP contribution in [0.15, 0.2) is 115 Å². The van der Waals surface area contributed by atoms with Gasteiger partial charge in [0, 0.05) is 47.7 Å². The summed E-state index contributed by atoms with van der Waals surface area (Å²) < 4.78 is 5.90. The van der Waals surface area contributed by atoms with Gasteiger partial charge in [0.2, 0.25) is 30.0 Å². The number of carbonyl (C=O) groups is 7. The molecule has 356 valence electrons. The highest BCUT2D eigenvalue weighted by Crippen LogP contribution is 2.32. The first-order valence-corrected chi connectivity index (χ1v) is 24.0. The molecule has 67 heavy (non-hydrogen) atoms. The summed E-state index contributed by atoms with van der Waals surface area (Å²) in [7, 11) is 1.91. The molecule has 6 amide bonds. The lowest BCUT2D eigenvalue weighted by molar-refractivity contribution is -0.131. The van der Waals surface area contributed by atoms with Crippen molar-refractivity contribution in [2.45, 2.75) is 87.7 Å². The summed E-state index contributed by atoms with van der Waals surface area (Å²) in [6.45, 7) is 1.95. The first kappa shape index (κ1) is 51.5. The van der Waals surface area contributed by atoms with E-state index in [1.165, 1.54) is 11.8 Å². The average molecular weight is 934 g/mol. The zero-order chi connectivity index (χ0) is 47.8. The smallest absolute Gasteiger partial charge is 0.253 e. The van der Waals surface area contributed by atoms with Crippen LogP contribution in [-0.2, 0) is 35.2 Å². The number of hydrogen-bond acceptors (Lipinski definition) is 10. The highest BCUT2D eigenvalue weighted by atomic mass is 32.2. The number of anilines is 1. The standard InChI is InChI=1S/C45H57N7O8S.C6H6/c1-30(50-40(55)25-31-14-13-17-33(24-31)43(57)32-15-5-3-6-16-32)44(58)51-34-27-60-37-19-8-7-18-36(37)52(45(34)59)26-41(56)48-23-12-4-11-22-47-39(54)21-10-9-20-38-42(46-2)35(28-61-38)49-29-53;1-2-4-6-5-3-1/h3,5-8,13-19,24,29-30,34-35,38,42,46H,4,9-12,20-23,25-28H2,1-2H3,(H,47,54)(H,48,56)(H,49,53)(H,50,55)(H,51,58);1-6H/t30-,34-,35-,38?,42-;/m0./s1. The quantitative estimate of drug-likeness (QED) is 0.0353. The topological polar surface area (TPSA) is 204 Å². The van der Waals surface area contributed by atoms with Crippen LogP contribution in [0, 0.1) is 0 Å². The third-order valence-corrected chi connectivity index (χ3v) is 12.9. The molecule has 0 saturated carbocycles. The molecule has 4 aromatic carbocycles. The maximum absolute atomic E-state index is 13.8. The number of ether oxygens (including phenoxy) is 1. The van der Waals surface area contributed by atoms with E-state index in [-0.39, 0.29) is 49.3 Å². The van der Waals surface area contributed by atoms with E-state index in [4.69, 9.17) is 4.74 Å². The van der Waals surface area contributed by atoms with Crippen LogP contribution >= 0.6 is 11.8 Å². The fourth-order valence-corrected chi connectivity index (χ4v) is 9.43. The number of thioether (sulfide) groups is 1. The lowest BCUT2D eigenvalue weighted by Gasteiger charge is -2.25. The van der Waals surface area contributed by atoms with Gasteiger partial charge in [-0.1, -0.05) is 103 Å². The molecule has 0 aliphatic carbocycles. The van der Waals surface area contributed by atoms with E-state index in [1.807, 2.05) is 61.3 Å². The second kappa shape index (κ2) is 27.8. The zero-order valence-corrected chi connectivity index (χ0v) is 39.1. The van der Waals surface area contributed by atoms with Crippen molar-refractivity contribution in [3.05, 3.63) is 132 Å². The fraction of sp³-hybridized carbons (Fsp3) is 0.392. The van der Waals surface area contributed by atoms with Crippen molar-refractivity contribution in [1.82, 2.24) is 31.9 Å². The van der Waals surface area contributed by atoms with Crippen molar-refractivity contribution in [3.63, 3.8) is 0 Å². The van der Waals surface area contributed by atoms with Gasteiger partial charge in [-0.25, -0.2) is 0 Å². The highest BCUT2D eigenvalue weighted by Gasteiger charge is 2.36. The van der Waals surface area contributed by atoms with Gasteiger partial charge < -0.3 is 36.6 Å². The number of ketones is 1. The molecule has 2 aliphatic heterocycles. The Labute approximate surface area is 397 Å². The van der Waals surface area contributed by atoms with E-state index >= 15 is 0 Å². The molecular formula is C51H63N7O8S. The Bertz CT molecular complexity index is 2210. The summed E-state index contributed by atoms with van der Waals surface area (Å²) in [5, 5.41) is 17.8. The number of carbonyl (C=O) groups excluding carboxylic acids is 7. The molecule has 0 spiro atoms. The summed E-state index contributed by atoms with van der Waals surface area (Å²) >= 11 is 1.85. The van der Waals surface area contributed by atoms with Crippen molar-refractivity contribution < 1.29 is 38.3 Å². The van der Waals surface area contributed by atoms with Crippen LogP contribution in [0.3, 0.4) is 0 Å². The lowest BCUT2D eigenvalue weighted by atomic mass is 10.0. The number of amides is 6. The van der Waals surface area contributed by atoms with Crippen LogP contribution in [-0.4, -0.2) is 110 Å². The number of fused-ring (bicyclic) bond motifs is 1. The van der Waals surface area contributed by atoms with Gasteiger partial charge >= 0.3 is 0 Å². The normalized spacial score (nSPS) is 17.8. The second-order valence-electron chi connectivity index (χ2n) is 16.4. The molecule has 0 bridgehead atoms. The molecule has 1 saturated heterocycles. The van der Waals surface area contributed by atoms with E-state index < -0.39 is 29.8 Å². The Hall–Kier alpha value is -6.52. The van der Waals surface area contributed by atoms with Crippen LogP contribution in [0.25, 0.3) is 0 Å². The molecule has 1 unspecified atom stereocenters. The van der Waals surface area contributed by atoms with Crippen LogP contribution in [0.5, 0.6) is 5.75 Å². The van der Waals surface area contributed by atoms with Gasteiger partial charge in [0.25, 0.3) is 5.91 Å². The minimum atomic E-state index is -1.14. The van der Waals surface area contributed by atoms with Crippen molar-refractivity contribution in [2.75, 3.05) is 43.9 Å². The maximum Gasteiger partial charge on any atom is 0.253 e. The molecule has 1 fully saturated rings. The monoisotopic (exact) mass is 933 g/mol. The van der Waals surface area contributed by atoms with Crippen molar-refractivity contribution >= 4 is 59.2 Å². The number of likely N-dealkylation sites (N-methyl/N-ethyl adjacent to an activating group) is 1. The van der Waals surface area contributed by atoms with E-state index in [9.17, 15) is 33.6 Å². The van der Waals surface area contributed by atoms with Crippen LogP contribution < -0.4 is 41.5 Å². The predicted molar refractivity (Wildman–Crippen MR) is 261 cm³/mol. The molecule has 2 aliphatic rings. The Morgan fingerprint density at radius 2 is 1.43 bits per heavy atom. The largest absolute Gasteiger partial charge is 0.489 e. The molecule has 6 N–H and O–H groups in total. The van der Waals surface area contributed by atoms with Gasteiger partial charge in [-0.3, -0.25) is 38.5 Å². The summed E-state index contributed by atoms with van der Waals surface area (Å²) in [5.41, 5.74) is 1.96. The van der Waals surface area contributed by atoms with Crippen molar-refractivity contribution in [1.29, 1.82) is 0 Å². The van der Waals surface area contributed by atoms with Crippen molar-refractivity contribution in [2.24, 2.45) is 0 Å². The molecule has 4 aromatic rings. The van der Waals surface area contributed by atoms with Crippen LogP contribution in [0.1, 0.15) is 73.4 Å². The maximum atomic E-state index is 13.8. The molecule has 16 heteroatoms. The van der Waals surface area contributed by atoms with E-state index in [0.717, 1.165) is 44.3 Å². The van der Waals surface area contributed by atoms with E-state index in [1.54, 1.807) is 72.8 Å². The average Bonchev–Trinajstić information content (AvgIpc) is 3.69. The lowest BCUT2D eigenvalue weighted by Crippen LogP contribution is -2.56. The molecule has 5 atom stereocenters. The number of nitrogens with zero attached hydrogens (tertiary/aromatic N) is 1. The summed E-state index contributed by atoms with van der Waals surface area (Å²) in [5.74, 6) is -0.856. The van der Waals surface area contributed by atoms with Gasteiger partial charge in [0.15, 0.2) is 5.78 Å². The Kier molecular flexibility index (Phi) is 21.4. The molecule has 0 aromatic heterocycles. The summed E-state index contributed by atoms with van der Waals surface area (Å²) in [6.07, 6.45) is 6.09. The Balaban J connectivity index is 0.00000129. The number of rotatable bonds is 23. The predicted octanol–water partition coefficient (Wildman–Crippen LogP) is 4.34. The van der Waals surface area contributed by atoms with Gasteiger partial charge in [-0.05, 0) is 69.8 Å². The minimum Gasteiger partial charge on any atom is -0.489 e. The van der Waals surface area contributed by atoms with Gasteiger partial charge in [-0.2, -0.15) is 11.8 Å². The number of benzene rings is 4. The van der Waals surface area contributed by atoms with E-state index in [2.05, 4.69) is 31.9 Å². The number of hydrogen-bond donors (Lipinski definition) is 6. The third kappa shape index (κ3) is 16.7. The first-order valence-electron chi connectivity index (χ1n) is 22.9. The molecule has 0 radical (unpaired) electrons. The van der Waals surface area contributed by atoms with Gasteiger partial charge in [0.1, 0.15) is 31.0 Å². The van der Waals surface area contributed by atoms with Gasteiger partial charge in [-0.15, -0.1) is 0 Å². The Morgan fingerprint density at radius 1 is 0.776 bits per heavy atom. The summed E-state index contributed by atoms with van der Waals surface area (Å²) in [6, 6.07) is 32.6. The minimum absolute atomic E-state index is 0.0224. The zero-order valence-electron chi connectivity index (χ0n) is 38.2. The molecule has 15 nitrogen and oxygen atoms in total. The second-order valence-corrected chi connectivity index (χ2v) is 17.6. The van der Waals surface area contributed by atoms with Crippen LogP contribution in [0.2, 0.25) is 0 Å². The molecular weight excluding hydrogens is 871 g/mol. The number of para-hydroxylation sites is 2. The number of nitrogens with one attached hydrogen (secondary N) is 6. The van der Waals surface area contributed by atoms with E-state index in [0.29, 0.717) is 59.3 Å². The van der Waals surface area contributed by atoms with Crippen molar-refractivity contribution in [3.8, 4) is 5.75 Å². The Morgan fingerprint density at radius 3 is 2.13 bits per heavy atom. The SMILES string of the molecule is CN[C@@H]1C(CCCCC(=O)NCCCCCNC(=O)CN2C(=O)[C@@H](NC(=O)[C@H](C)NC(=O)Cc3cccc(C(=O)c4ccccc4)c3)COc3ccccc32)SC[C@@H]1NC=O.c1ccccc1. The van der Waals surface area contributed by atoms with Gasteiger partial charge in [0.05, 0.1) is 18.2 Å². The number of unbranched alkanes of at least 4 members (excludes halogenated alkanes) is 3. The van der Waals surface area contributed by atoms with Crippen LogP contribution in [0.4, 0.5) is 5.69 Å². The first-order chi connectivity index (χ1) is 32.6. The molecule has 6 rings (SSSR count). The third-order valence-electron chi connectivity index (χ3n) is 11.4. The highest BCUT2D eigenvalue weighted by molar-refractivity contribution is 8.00. The fourth-order valence-electron chi connectivity index (χ4n) is 7.81. The summed E-state index contributed by atoms with van der Waals surface area (Å²) in [4.78, 5) is 90.6. The molecule has 2 heterocycles.